The normalized spacial score (nSPS) is 15.9. The van der Waals surface area contributed by atoms with Crippen LogP contribution in [-0.4, -0.2) is 36.1 Å². The largest absolute Gasteiger partial charge is 0.297 e. The van der Waals surface area contributed by atoms with E-state index in [1.54, 1.807) is 11.3 Å². The Kier molecular flexibility index (Phi) is 3.68. The van der Waals surface area contributed by atoms with Crippen LogP contribution in [0.15, 0.2) is 26.8 Å². The van der Waals surface area contributed by atoms with Crippen molar-refractivity contribution in [1.29, 1.82) is 0 Å². The molecule has 0 saturated carbocycles. The molecule has 1 aliphatic heterocycles. The number of aromatic amines is 1. The predicted molar refractivity (Wildman–Crippen MR) is 80.1 cm³/mol. The molecule has 0 aliphatic carbocycles. The van der Waals surface area contributed by atoms with Gasteiger partial charge in [-0.1, -0.05) is 0 Å². The van der Waals surface area contributed by atoms with Crippen LogP contribution in [0, 0.1) is 0 Å². The first kappa shape index (κ1) is 14.4. The van der Waals surface area contributed by atoms with E-state index in [0.29, 0.717) is 24.2 Å². The maximum Gasteiger partial charge on any atom is 0.256 e. The van der Waals surface area contributed by atoms with Crippen molar-refractivity contribution >= 4 is 21.2 Å². The van der Waals surface area contributed by atoms with Crippen molar-refractivity contribution in [3.8, 4) is 0 Å². The van der Waals surface area contributed by atoms with Gasteiger partial charge in [-0.25, -0.2) is 13.4 Å². The molecule has 3 heterocycles. The van der Waals surface area contributed by atoms with E-state index in [0.717, 1.165) is 19.3 Å². The van der Waals surface area contributed by atoms with Gasteiger partial charge in [0.1, 0.15) is 0 Å². The molecule has 8 heteroatoms. The molecular weight excluding hydrogens is 310 g/mol. The Morgan fingerprint density at radius 3 is 2.95 bits per heavy atom. The van der Waals surface area contributed by atoms with Gasteiger partial charge in [-0.3, -0.25) is 14.7 Å². The highest BCUT2D eigenvalue weighted by Crippen LogP contribution is 2.18. The Bertz CT molecular complexity index is 810. The fourth-order valence-corrected chi connectivity index (χ4v) is 3.62. The number of H-pyrrole nitrogens is 1. The zero-order valence-corrected chi connectivity index (χ0v) is 13.1. The monoisotopic (exact) mass is 325 g/mol. The van der Waals surface area contributed by atoms with Gasteiger partial charge in [0.05, 0.1) is 11.3 Å². The molecule has 0 atom stereocenters. The van der Waals surface area contributed by atoms with Crippen molar-refractivity contribution in [3.63, 3.8) is 0 Å². The number of hydrogen-bond donors (Lipinski definition) is 1. The molecule has 112 valence electrons. The zero-order chi connectivity index (χ0) is 15.0. The minimum absolute atomic E-state index is 0.238. The number of sulfone groups is 1. The lowest BCUT2D eigenvalue weighted by atomic mass is 10.1. The summed E-state index contributed by atoms with van der Waals surface area (Å²) >= 11 is 1.65. The summed E-state index contributed by atoms with van der Waals surface area (Å²) < 4.78 is 23.0. The van der Waals surface area contributed by atoms with Gasteiger partial charge in [-0.05, 0) is 22.4 Å². The van der Waals surface area contributed by atoms with E-state index in [1.807, 2.05) is 5.38 Å². The number of hydrogen-bond acceptors (Lipinski definition) is 6. The summed E-state index contributed by atoms with van der Waals surface area (Å²) in [5, 5.41) is 3.88. The van der Waals surface area contributed by atoms with Gasteiger partial charge < -0.3 is 0 Å². The zero-order valence-electron chi connectivity index (χ0n) is 11.5. The molecule has 0 unspecified atom stereocenters. The van der Waals surface area contributed by atoms with Gasteiger partial charge in [0.15, 0.2) is 0 Å². The fraction of sp³-hybridized carbons (Fsp3) is 0.385. The second kappa shape index (κ2) is 5.36. The predicted octanol–water partition coefficient (Wildman–Crippen LogP) is 0.793. The van der Waals surface area contributed by atoms with Crippen LogP contribution in [-0.2, 0) is 29.3 Å². The Morgan fingerprint density at radius 1 is 1.48 bits per heavy atom. The van der Waals surface area contributed by atoms with E-state index in [4.69, 9.17) is 0 Å². The minimum atomic E-state index is -3.49. The summed E-state index contributed by atoms with van der Waals surface area (Å²) in [7, 11) is -3.49. The van der Waals surface area contributed by atoms with Crippen molar-refractivity contribution in [2.45, 2.75) is 24.7 Å². The van der Waals surface area contributed by atoms with Crippen molar-refractivity contribution in [2.24, 2.45) is 0 Å². The van der Waals surface area contributed by atoms with Gasteiger partial charge in [0.2, 0.25) is 15.0 Å². The summed E-state index contributed by atoms with van der Waals surface area (Å²) in [5.41, 5.74) is 2.04. The highest BCUT2D eigenvalue weighted by atomic mass is 32.2. The molecule has 2 aromatic heterocycles. The summed E-state index contributed by atoms with van der Waals surface area (Å²) in [4.78, 5) is 20.7. The van der Waals surface area contributed by atoms with Gasteiger partial charge in [-0.15, -0.1) is 0 Å². The van der Waals surface area contributed by atoms with Crippen LogP contribution in [0.3, 0.4) is 0 Å². The van der Waals surface area contributed by atoms with Gasteiger partial charge >= 0.3 is 0 Å². The first-order chi connectivity index (χ1) is 9.93. The Labute approximate surface area is 126 Å². The Balaban J connectivity index is 1.88. The van der Waals surface area contributed by atoms with Crippen LogP contribution in [0.4, 0.5) is 0 Å². The third kappa shape index (κ3) is 3.07. The number of nitrogens with one attached hydrogen (secondary N) is 1. The highest BCUT2D eigenvalue weighted by Gasteiger charge is 2.23. The van der Waals surface area contributed by atoms with Crippen molar-refractivity contribution in [1.82, 2.24) is 14.9 Å². The molecule has 1 aliphatic rings. The number of rotatable bonds is 3. The lowest BCUT2D eigenvalue weighted by Gasteiger charge is -2.27. The van der Waals surface area contributed by atoms with Crippen LogP contribution >= 0.6 is 11.3 Å². The van der Waals surface area contributed by atoms with Crippen LogP contribution in [0.5, 0.6) is 0 Å². The standard InChI is InChI=1S/C13H15N3O3S2/c1-21(18,19)13-14-11-2-4-16(6-9-3-5-20-8-9)7-10(11)12(17)15-13/h3,5,8H,2,4,6-7H2,1H3,(H,14,15,17). The lowest BCUT2D eigenvalue weighted by Crippen LogP contribution is -2.36. The first-order valence-corrected chi connectivity index (χ1v) is 9.32. The molecule has 1 N–H and O–H groups in total. The van der Waals surface area contributed by atoms with Crippen molar-refractivity contribution < 1.29 is 8.42 Å². The van der Waals surface area contributed by atoms with Gasteiger partial charge in [0, 0.05) is 32.3 Å². The lowest BCUT2D eigenvalue weighted by molar-refractivity contribution is 0.241. The van der Waals surface area contributed by atoms with Crippen molar-refractivity contribution in [3.05, 3.63) is 44.0 Å². The maximum absolute atomic E-state index is 12.1. The number of fused-ring (bicyclic) bond motifs is 1. The second-order valence-corrected chi connectivity index (χ2v) is 7.87. The summed E-state index contributed by atoms with van der Waals surface area (Å²) in [6.07, 6.45) is 1.63. The average Bonchev–Trinajstić information content (AvgIpc) is 2.91. The Morgan fingerprint density at radius 2 is 2.29 bits per heavy atom. The van der Waals surface area contributed by atoms with Gasteiger partial charge in [0.25, 0.3) is 5.56 Å². The third-order valence-electron chi connectivity index (χ3n) is 3.46. The van der Waals surface area contributed by atoms with Gasteiger partial charge in [-0.2, -0.15) is 11.3 Å². The topological polar surface area (TPSA) is 83.1 Å². The molecule has 0 saturated heterocycles. The van der Waals surface area contributed by atoms with Crippen LogP contribution in [0.25, 0.3) is 0 Å². The molecule has 21 heavy (non-hydrogen) atoms. The first-order valence-electron chi connectivity index (χ1n) is 6.49. The molecule has 2 aromatic rings. The van der Waals surface area contributed by atoms with Crippen LogP contribution < -0.4 is 5.56 Å². The smallest absolute Gasteiger partial charge is 0.256 e. The maximum atomic E-state index is 12.1. The minimum Gasteiger partial charge on any atom is -0.297 e. The molecule has 0 bridgehead atoms. The molecule has 6 nitrogen and oxygen atoms in total. The molecule has 0 aromatic carbocycles. The fourth-order valence-electron chi connectivity index (χ4n) is 2.41. The average molecular weight is 325 g/mol. The van der Waals surface area contributed by atoms with E-state index in [-0.39, 0.29) is 10.7 Å². The SMILES string of the molecule is CS(=O)(=O)c1nc2c(c(=O)[nH]1)CN(Cc1ccsc1)CC2. The second-order valence-electron chi connectivity index (χ2n) is 5.16. The van der Waals surface area contributed by atoms with E-state index >= 15 is 0 Å². The van der Waals surface area contributed by atoms with E-state index in [2.05, 4.69) is 26.3 Å². The molecule has 0 radical (unpaired) electrons. The molecular formula is C13H15N3O3S2. The summed E-state index contributed by atoms with van der Waals surface area (Å²) in [5.74, 6) is 0. The molecule has 3 rings (SSSR count). The number of thiophene rings is 1. The molecule has 0 fully saturated rings. The quantitative estimate of drug-likeness (QED) is 0.844. The van der Waals surface area contributed by atoms with E-state index in [9.17, 15) is 13.2 Å². The van der Waals surface area contributed by atoms with Crippen molar-refractivity contribution in [2.75, 3.05) is 12.8 Å². The van der Waals surface area contributed by atoms with E-state index in [1.165, 1.54) is 5.56 Å². The third-order valence-corrected chi connectivity index (χ3v) is 5.09. The Hall–Kier alpha value is -1.51. The summed E-state index contributed by atoms with van der Waals surface area (Å²) in [6, 6.07) is 2.06. The van der Waals surface area contributed by atoms with Crippen LogP contribution in [0.2, 0.25) is 0 Å². The highest BCUT2D eigenvalue weighted by molar-refractivity contribution is 7.90. The van der Waals surface area contributed by atoms with E-state index < -0.39 is 9.84 Å². The number of nitrogens with zero attached hydrogens (tertiary/aromatic N) is 2. The molecule has 0 amide bonds. The van der Waals surface area contributed by atoms with Crippen LogP contribution in [0.1, 0.15) is 16.8 Å². The summed E-state index contributed by atoms with van der Waals surface area (Å²) in [6.45, 7) is 2.05. The molecule has 0 spiro atoms. The number of aromatic nitrogens is 2.